The molecule has 0 aromatic carbocycles. The summed E-state index contributed by atoms with van der Waals surface area (Å²) in [4.78, 5) is 16.5. The van der Waals surface area contributed by atoms with E-state index >= 15 is 0 Å². The number of rotatable bonds is 4. The van der Waals surface area contributed by atoms with E-state index in [1.165, 1.54) is 0 Å². The molecule has 0 saturated carbocycles. The van der Waals surface area contributed by atoms with Gasteiger partial charge < -0.3 is 15.5 Å². The smallest absolute Gasteiger partial charge is 0.242 e. The van der Waals surface area contributed by atoms with Gasteiger partial charge in [-0.3, -0.25) is 4.79 Å². The highest BCUT2D eigenvalue weighted by molar-refractivity contribution is 5.86. The van der Waals surface area contributed by atoms with Crippen molar-refractivity contribution in [3.8, 4) is 0 Å². The predicted octanol–water partition coefficient (Wildman–Crippen LogP) is 1.48. The van der Waals surface area contributed by atoms with Crippen LogP contribution in [0.5, 0.6) is 0 Å². The van der Waals surface area contributed by atoms with Crippen LogP contribution in [0.3, 0.4) is 0 Å². The quantitative estimate of drug-likeness (QED) is 0.847. The summed E-state index contributed by atoms with van der Waals surface area (Å²) in [6.45, 7) is 5.61. The van der Waals surface area contributed by atoms with Crippen LogP contribution in [-0.4, -0.2) is 54.5 Å². The molecule has 18 heavy (non-hydrogen) atoms. The molecule has 1 heterocycles. The molecule has 1 atom stereocenters. The zero-order valence-corrected chi connectivity index (χ0v) is 12.9. The van der Waals surface area contributed by atoms with E-state index in [-0.39, 0.29) is 18.3 Å². The van der Waals surface area contributed by atoms with Gasteiger partial charge >= 0.3 is 0 Å². The van der Waals surface area contributed by atoms with E-state index in [1.807, 2.05) is 11.8 Å². The van der Waals surface area contributed by atoms with Crippen LogP contribution in [0.1, 0.15) is 39.5 Å². The molecule has 0 spiro atoms. The fourth-order valence-electron chi connectivity index (χ4n) is 2.57. The molecule has 0 aliphatic carbocycles. The van der Waals surface area contributed by atoms with E-state index in [1.54, 1.807) is 0 Å². The number of nitrogens with zero attached hydrogens (tertiary/aromatic N) is 2. The lowest BCUT2D eigenvalue weighted by atomic mass is 9.94. The molecule has 1 fully saturated rings. The molecule has 1 amide bonds. The van der Waals surface area contributed by atoms with Gasteiger partial charge in [-0.05, 0) is 40.3 Å². The molecule has 1 unspecified atom stereocenters. The third-order valence-electron chi connectivity index (χ3n) is 3.74. The Bertz CT molecular complexity index is 261. The van der Waals surface area contributed by atoms with Gasteiger partial charge in [-0.15, -0.1) is 12.4 Å². The second-order valence-corrected chi connectivity index (χ2v) is 5.65. The third kappa shape index (κ3) is 4.41. The standard InChI is InChI=1S/C13H27N3O.ClH/c1-5-8-13(2,14)12(17)16-9-6-11(7-10-16)15(3)4;/h11H,5-10,14H2,1-4H3;1H. The van der Waals surface area contributed by atoms with E-state index in [4.69, 9.17) is 5.73 Å². The molecule has 2 N–H and O–H groups in total. The maximum Gasteiger partial charge on any atom is 0.242 e. The van der Waals surface area contributed by atoms with Crippen LogP contribution >= 0.6 is 12.4 Å². The van der Waals surface area contributed by atoms with Gasteiger partial charge in [-0.2, -0.15) is 0 Å². The monoisotopic (exact) mass is 277 g/mol. The average molecular weight is 278 g/mol. The molecule has 1 aliphatic rings. The number of halogens is 1. The van der Waals surface area contributed by atoms with Crippen LogP contribution < -0.4 is 5.73 Å². The Morgan fingerprint density at radius 3 is 2.28 bits per heavy atom. The average Bonchev–Trinajstić information content (AvgIpc) is 2.28. The van der Waals surface area contributed by atoms with Crippen LogP contribution in [-0.2, 0) is 4.79 Å². The molecule has 0 bridgehead atoms. The van der Waals surface area contributed by atoms with Crippen LogP contribution in [0.4, 0.5) is 0 Å². The second-order valence-electron chi connectivity index (χ2n) is 5.65. The molecule has 5 heteroatoms. The van der Waals surface area contributed by atoms with Gasteiger partial charge in [0.1, 0.15) is 0 Å². The van der Waals surface area contributed by atoms with Gasteiger partial charge in [0.15, 0.2) is 0 Å². The summed E-state index contributed by atoms with van der Waals surface area (Å²) in [5.74, 6) is 0.122. The largest absolute Gasteiger partial charge is 0.341 e. The van der Waals surface area contributed by atoms with Crippen molar-refractivity contribution in [2.45, 2.75) is 51.1 Å². The Hall–Kier alpha value is -0.320. The molecule has 1 rings (SSSR count). The van der Waals surface area contributed by atoms with Gasteiger partial charge in [-0.1, -0.05) is 13.3 Å². The first-order chi connectivity index (χ1) is 7.88. The number of likely N-dealkylation sites (tertiary alicyclic amines) is 1. The van der Waals surface area contributed by atoms with Crippen molar-refractivity contribution in [2.24, 2.45) is 5.73 Å². The summed E-state index contributed by atoms with van der Waals surface area (Å²) >= 11 is 0. The second kappa shape index (κ2) is 7.31. The number of hydrogen-bond acceptors (Lipinski definition) is 3. The first-order valence-corrected chi connectivity index (χ1v) is 6.63. The van der Waals surface area contributed by atoms with E-state index in [0.29, 0.717) is 6.04 Å². The van der Waals surface area contributed by atoms with Crippen LogP contribution in [0, 0.1) is 0 Å². The summed E-state index contributed by atoms with van der Waals surface area (Å²) in [5.41, 5.74) is 5.41. The molecule has 0 aromatic heterocycles. The number of nitrogens with two attached hydrogens (primary N) is 1. The summed E-state index contributed by atoms with van der Waals surface area (Å²) in [5, 5.41) is 0. The maximum absolute atomic E-state index is 12.3. The van der Waals surface area contributed by atoms with E-state index in [9.17, 15) is 4.79 Å². The normalized spacial score (nSPS) is 20.4. The Kier molecular flexibility index (Phi) is 7.18. The van der Waals surface area contributed by atoms with E-state index in [2.05, 4.69) is 25.9 Å². The van der Waals surface area contributed by atoms with Gasteiger partial charge in [0.25, 0.3) is 0 Å². The molecule has 4 nitrogen and oxygen atoms in total. The Morgan fingerprint density at radius 2 is 1.89 bits per heavy atom. The third-order valence-corrected chi connectivity index (χ3v) is 3.74. The zero-order valence-electron chi connectivity index (χ0n) is 12.1. The maximum atomic E-state index is 12.3. The highest BCUT2D eigenvalue weighted by Crippen LogP contribution is 2.19. The topological polar surface area (TPSA) is 49.6 Å². The minimum Gasteiger partial charge on any atom is -0.341 e. The lowest BCUT2D eigenvalue weighted by Gasteiger charge is -2.38. The van der Waals surface area contributed by atoms with Crippen molar-refractivity contribution in [3.05, 3.63) is 0 Å². The van der Waals surface area contributed by atoms with Gasteiger partial charge in [0.05, 0.1) is 5.54 Å². The number of carbonyl (C=O) groups excluding carboxylic acids is 1. The first kappa shape index (κ1) is 17.7. The van der Waals surface area contributed by atoms with Gasteiger partial charge in [0.2, 0.25) is 5.91 Å². The van der Waals surface area contributed by atoms with Gasteiger partial charge in [-0.25, -0.2) is 0 Å². The summed E-state index contributed by atoms with van der Waals surface area (Å²) in [7, 11) is 4.21. The van der Waals surface area contributed by atoms with Crippen molar-refractivity contribution < 1.29 is 4.79 Å². The van der Waals surface area contributed by atoms with Gasteiger partial charge in [0, 0.05) is 19.1 Å². The summed E-state index contributed by atoms with van der Waals surface area (Å²) < 4.78 is 0. The fraction of sp³-hybridized carbons (Fsp3) is 0.923. The lowest BCUT2D eigenvalue weighted by Crippen LogP contribution is -2.56. The first-order valence-electron chi connectivity index (χ1n) is 6.63. The van der Waals surface area contributed by atoms with E-state index in [0.717, 1.165) is 38.8 Å². The molecule has 1 saturated heterocycles. The summed E-state index contributed by atoms with van der Waals surface area (Å²) in [6, 6.07) is 0.606. The predicted molar refractivity (Wildman–Crippen MR) is 78.0 cm³/mol. The van der Waals surface area contributed by atoms with Crippen LogP contribution in [0.25, 0.3) is 0 Å². The number of hydrogen-bond donors (Lipinski definition) is 1. The molecule has 108 valence electrons. The highest BCUT2D eigenvalue weighted by Gasteiger charge is 2.33. The van der Waals surface area contributed by atoms with Crippen molar-refractivity contribution in [1.29, 1.82) is 0 Å². The van der Waals surface area contributed by atoms with Crippen molar-refractivity contribution >= 4 is 18.3 Å². The minimum atomic E-state index is -0.681. The molecule has 0 radical (unpaired) electrons. The Balaban J connectivity index is 0.00000289. The molecular formula is C13H28ClN3O. The lowest BCUT2D eigenvalue weighted by molar-refractivity contribution is -0.138. The molecular weight excluding hydrogens is 250 g/mol. The SMILES string of the molecule is CCCC(C)(N)C(=O)N1CCC(N(C)C)CC1.Cl. The van der Waals surface area contributed by atoms with Crippen molar-refractivity contribution in [1.82, 2.24) is 9.80 Å². The zero-order chi connectivity index (χ0) is 13.1. The molecule has 1 aliphatic heterocycles. The number of carbonyl (C=O) groups is 1. The van der Waals surface area contributed by atoms with E-state index < -0.39 is 5.54 Å². The van der Waals surface area contributed by atoms with Crippen molar-refractivity contribution in [3.63, 3.8) is 0 Å². The fourth-order valence-corrected chi connectivity index (χ4v) is 2.57. The minimum absolute atomic E-state index is 0. The Morgan fingerprint density at radius 1 is 1.39 bits per heavy atom. The molecule has 0 aromatic rings. The van der Waals surface area contributed by atoms with Crippen LogP contribution in [0.15, 0.2) is 0 Å². The summed E-state index contributed by atoms with van der Waals surface area (Å²) in [6.07, 6.45) is 3.83. The highest BCUT2D eigenvalue weighted by atomic mass is 35.5. The number of amides is 1. The number of piperidine rings is 1. The van der Waals surface area contributed by atoms with Crippen LogP contribution in [0.2, 0.25) is 0 Å². The Labute approximate surface area is 117 Å². The van der Waals surface area contributed by atoms with Crippen molar-refractivity contribution in [2.75, 3.05) is 27.2 Å².